The maximum absolute atomic E-state index is 11.8. The lowest BCUT2D eigenvalue weighted by molar-refractivity contribution is 0.0684. The van der Waals surface area contributed by atoms with E-state index in [9.17, 15) is 19.8 Å². The number of pyridine rings is 2. The summed E-state index contributed by atoms with van der Waals surface area (Å²) in [5, 5.41) is 21.5. The van der Waals surface area contributed by atoms with E-state index in [1.165, 1.54) is 5.52 Å². The molecule has 2 saturated carbocycles. The Hall–Kier alpha value is -5.02. The van der Waals surface area contributed by atoms with Crippen molar-refractivity contribution in [1.82, 2.24) is 19.1 Å². The van der Waals surface area contributed by atoms with Crippen LogP contribution in [0.25, 0.3) is 27.9 Å². The molecule has 8 nitrogen and oxygen atoms in total. The van der Waals surface area contributed by atoms with Crippen molar-refractivity contribution < 1.29 is 19.8 Å². The number of carboxylic acids is 2. The van der Waals surface area contributed by atoms with Crippen LogP contribution < -0.4 is 0 Å². The maximum Gasteiger partial charge on any atom is 0.337 e. The van der Waals surface area contributed by atoms with E-state index in [1.54, 1.807) is 6.07 Å². The van der Waals surface area contributed by atoms with E-state index in [4.69, 9.17) is 0 Å². The average molecular weight is 746 g/mol. The number of aromatic carboxylic acids is 2. The number of benzene rings is 2. The maximum atomic E-state index is 11.8. The van der Waals surface area contributed by atoms with Gasteiger partial charge in [-0.1, -0.05) is 19.1 Å². The molecule has 9 heteroatoms. The third-order valence-electron chi connectivity index (χ3n) is 9.86. The van der Waals surface area contributed by atoms with Crippen molar-refractivity contribution in [3.63, 3.8) is 0 Å². The number of carboxylic acid groups (broad SMARTS) is 2. The summed E-state index contributed by atoms with van der Waals surface area (Å²) in [6.07, 6.45) is 18.6. The number of nitrogens with zero attached hydrogens (tertiary/aromatic N) is 4. The van der Waals surface area contributed by atoms with Gasteiger partial charge in [0.15, 0.2) is 0 Å². The van der Waals surface area contributed by atoms with Crippen LogP contribution in [0.4, 0.5) is 0 Å². The minimum atomic E-state index is -0.903. The van der Waals surface area contributed by atoms with E-state index in [0.29, 0.717) is 47.2 Å². The molecule has 0 radical (unpaired) electrons. The molecule has 0 aliphatic heterocycles. The predicted molar refractivity (Wildman–Crippen MR) is 205 cm³/mol. The summed E-state index contributed by atoms with van der Waals surface area (Å²) in [5.41, 5.74) is 9.63. The molecule has 4 aromatic heterocycles. The molecule has 6 aromatic rings. The zero-order valence-electron chi connectivity index (χ0n) is 29.1. The van der Waals surface area contributed by atoms with Gasteiger partial charge < -0.3 is 19.3 Å². The Balaban J connectivity index is 0.000000160. The second kappa shape index (κ2) is 14.3. The summed E-state index contributed by atoms with van der Waals surface area (Å²) in [4.78, 5) is 32.4. The van der Waals surface area contributed by atoms with Gasteiger partial charge in [0, 0.05) is 67.0 Å². The average Bonchev–Trinajstić information content (AvgIpc) is 4.04. The Bertz CT molecular complexity index is 2330. The molecule has 4 heterocycles. The van der Waals surface area contributed by atoms with E-state index >= 15 is 0 Å². The normalized spacial score (nSPS) is 14.3. The molecule has 260 valence electrons. The molecule has 2 N–H and O–H groups in total. The fourth-order valence-corrected chi connectivity index (χ4v) is 7.71. The van der Waals surface area contributed by atoms with Crippen molar-refractivity contribution in [2.24, 2.45) is 14.1 Å². The Morgan fingerprint density at radius 3 is 1.75 bits per heavy atom. The predicted octanol–water partition coefficient (Wildman–Crippen LogP) is 9.67. The summed E-state index contributed by atoms with van der Waals surface area (Å²) < 4.78 is 5.20. The molecule has 2 aromatic carbocycles. The van der Waals surface area contributed by atoms with Gasteiger partial charge in [-0.05, 0) is 136 Å². The van der Waals surface area contributed by atoms with Gasteiger partial charge in [-0.2, -0.15) is 0 Å². The lowest BCUT2D eigenvalue weighted by Gasteiger charge is -2.10. The van der Waals surface area contributed by atoms with Crippen LogP contribution in [0.15, 0.2) is 83.9 Å². The Morgan fingerprint density at radius 2 is 1.25 bits per heavy atom. The first kappa shape index (κ1) is 34.4. The standard InChI is InChI=1S/C23H24N2O2.C19H17BrN2O2/c1-3-4-5-17-10-15(11-18-8-9-25(2)22(17)18)12-21-20(23(26)27)13-19(14-24-21)16-6-7-16;1-22-5-4-13-6-11(7-16(20)18(13)22)8-17-15(19(23)24)9-14(10-21-17)12-2-3-12/h4-5,8-11,13-14,16H,3,6-7,12H2,1-2H3,(H,26,27);4-7,9-10,12H,2-3,8H2,1H3,(H,23,24)/b5-4+;. The quantitative estimate of drug-likeness (QED) is 0.145. The fourth-order valence-electron chi connectivity index (χ4n) is 6.90. The highest BCUT2D eigenvalue weighted by molar-refractivity contribution is 9.10. The second-order valence-electron chi connectivity index (χ2n) is 13.8. The minimum absolute atomic E-state index is 0.323. The van der Waals surface area contributed by atoms with Crippen molar-refractivity contribution in [2.75, 3.05) is 0 Å². The first-order valence-corrected chi connectivity index (χ1v) is 18.3. The highest BCUT2D eigenvalue weighted by atomic mass is 79.9. The Labute approximate surface area is 305 Å². The number of rotatable bonds is 10. The minimum Gasteiger partial charge on any atom is -0.478 e. The first-order valence-electron chi connectivity index (χ1n) is 17.5. The third kappa shape index (κ3) is 7.54. The van der Waals surface area contributed by atoms with Gasteiger partial charge in [-0.3, -0.25) is 9.97 Å². The first-order chi connectivity index (χ1) is 24.6. The number of hydrogen-bond donors (Lipinski definition) is 2. The van der Waals surface area contributed by atoms with Crippen molar-refractivity contribution in [3.8, 4) is 0 Å². The van der Waals surface area contributed by atoms with Crippen LogP contribution in [0.1, 0.15) is 111 Å². The monoisotopic (exact) mass is 744 g/mol. The van der Waals surface area contributed by atoms with Crippen LogP contribution in [0.5, 0.6) is 0 Å². The van der Waals surface area contributed by atoms with Crippen LogP contribution in [0, 0.1) is 0 Å². The molecule has 0 atom stereocenters. The van der Waals surface area contributed by atoms with Crippen molar-refractivity contribution in [2.45, 2.75) is 63.7 Å². The molecule has 0 spiro atoms. The molecular weight excluding hydrogens is 704 g/mol. The summed E-state index contributed by atoms with van der Waals surface area (Å²) in [6.45, 7) is 2.12. The van der Waals surface area contributed by atoms with Gasteiger partial charge in [0.25, 0.3) is 0 Å². The molecule has 0 unspecified atom stereocenters. The number of halogens is 1. The number of allylic oxidation sites excluding steroid dienone is 1. The van der Waals surface area contributed by atoms with Crippen LogP contribution in [0.3, 0.4) is 0 Å². The van der Waals surface area contributed by atoms with Crippen LogP contribution in [-0.4, -0.2) is 41.3 Å². The smallest absolute Gasteiger partial charge is 0.337 e. The number of aromatic nitrogens is 4. The zero-order chi connectivity index (χ0) is 35.8. The summed E-state index contributed by atoms with van der Waals surface area (Å²) in [6, 6.07) is 16.2. The molecule has 2 fully saturated rings. The molecule has 51 heavy (non-hydrogen) atoms. The summed E-state index contributed by atoms with van der Waals surface area (Å²) in [5.74, 6) is -0.803. The second-order valence-corrected chi connectivity index (χ2v) is 14.7. The highest BCUT2D eigenvalue weighted by Crippen LogP contribution is 2.41. The largest absolute Gasteiger partial charge is 0.478 e. The van der Waals surface area contributed by atoms with E-state index < -0.39 is 11.9 Å². The summed E-state index contributed by atoms with van der Waals surface area (Å²) in [7, 11) is 4.06. The molecule has 0 amide bonds. The van der Waals surface area contributed by atoms with Crippen molar-refractivity contribution in [3.05, 3.63) is 134 Å². The lowest BCUT2D eigenvalue weighted by Crippen LogP contribution is -2.07. The van der Waals surface area contributed by atoms with Crippen molar-refractivity contribution in [1.29, 1.82) is 0 Å². The van der Waals surface area contributed by atoms with E-state index in [0.717, 1.165) is 80.7 Å². The van der Waals surface area contributed by atoms with Gasteiger partial charge in [0.1, 0.15) is 0 Å². The third-order valence-corrected chi connectivity index (χ3v) is 10.5. The molecule has 0 bridgehead atoms. The Kier molecular flexibility index (Phi) is 9.66. The fraction of sp³-hybridized carbons (Fsp3) is 0.286. The van der Waals surface area contributed by atoms with Gasteiger partial charge in [-0.25, -0.2) is 9.59 Å². The number of fused-ring (bicyclic) bond motifs is 2. The van der Waals surface area contributed by atoms with Crippen molar-refractivity contribution >= 4 is 55.8 Å². The van der Waals surface area contributed by atoms with Crippen LogP contribution in [0.2, 0.25) is 0 Å². The molecule has 0 saturated heterocycles. The highest BCUT2D eigenvalue weighted by Gasteiger charge is 2.27. The lowest BCUT2D eigenvalue weighted by atomic mass is 9.99. The van der Waals surface area contributed by atoms with Gasteiger partial charge >= 0.3 is 11.9 Å². The molecule has 2 aliphatic rings. The Morgan fingerprint density at radius 1 is 0.765 bits per heavy atom. The molecule has 8 rings (SSSR count). The molecular formula is C42H41BrN4O4. The van der Waals surface area contributed by atoms with Gasteiger partial charge in [0.05, 0.1) is 33.5 Å². The number of carbonyl (C=O) groups is 2. The summed E-state index contributed by atoms with van der Waals surface area (Å²) >= 11 is 3.62. The van der Waals surface area contributed by atoms with Gasteiger partial charge in [-0.15, -0.1) is 0 Å². The van der Waals surface area contributed by atoms with E-state index in [2.05, 4.69) is 90.6 Å². The van der Waals surface area contributed by atoms with E-state index in [1.807, 2.05) is 44.8 Å². The SMILES string of the molecule is CC/C=C/c1cc(Cc2ncc(C3CC3)cc2C(=O)O)cc2ccn(C)c12.Cn1ccc2cc(Cc3ncc(C4CC4)cc3C(=O)O)cc(Br)c21. The van der Waals surface area contributed by atoms with Crippen LogP contribution >= 0.6 is 15.9 Å². The molecule has 2 aliphatic carbocycles. The zero-order valence-corrected chi connectivity index (χ0v) is 30.7. The van der Waals surface area contributed by atoms with Gasteiger partial charge in [0.2, 0.25) is 0 Å². The van der Waals surface area contributed by atoms with Crippen LogP contribution in [-0.2, 0) is 26.9 Å². The van der Waals surface area contributed by atoms with E-state index in [-0.39, 0.29) is 0 Å². The topological polar surface area (TPSA) is 110 Å². The number of aryl methyl sites for hydroxylation is 2. The number of hydrogen-bond acceptors (Lipinski definition) is 4.